The Morgan fingerprint density at radius 3 is 2.69 bits per heavy atom. The molecule has 1 aliphatic carbocycles. The zero-order chi connectivity index (χ0) is 11.7. The second-order valence-corrected chi connectivity index (χ2v) is 4.57. The monoisotopic (exact) mass is 224 g/mol. The van der Waals surface area contributed by atoms with Gasteiger partial charge < -0.3 is 16.2 Å². The van der Waals surface area contributed by atoms with Crippen LogP contribution in [0.3, 0.4) is 0 Å². The molecule has 0 spiro atoms. The summed E-state index contributed by atoms with van der Waals surface area (Å²) in [4.78, 5) is 0. The van der Waals surface area contributed by atoms with Gasteiger partial charge in [0, 0.05) is 7.05 Å². The van der Waals surface area contributed by atoms with Gasteiger partial charge in [0.15, 0.2) is 0 Å². The van der Waals surface area contributed by atoms with Gasteiger partial charge in [-0.1, -0.05) is 12.8 Å². The van der Waals surface area contributed by atoms with E-state index in [1.807, 2.05) is 14.0 Å². The lowest BCUT2D eigenvalue weighted by Crippen LogP contribution is -2.37. The summed E-state index contributed by atoms with van der Waals surface area (Å²) < 4.78 is 1.74. The highest BCUT2D eigenvalue weighted by molar-refractivity contribution is 5.65. The molecule has 4 N–H and O–H groups in total. The molecule has 0 aromatic carbocycles. The van der Waals surface area contributed by atoms with Crippen LogP contribution in [-0.4, -0.2) is 27.0 Å². The van der Waals surface area contributed by atoms with E-state index < -0.39 is 0 Å². The van der Waals surface area contributed by atoms with Gasteiger partial charge in [-0.3, -0.25) is 4.68 Å². The second kappa shape index (κ2) is 4.33. The van der Waals surface area contributed by atoms with E-state index in [4.69, 9.17) is 5.73 Å². The zero-order valence-electron chi connectivity index (χ0n) is 9.90. The zero-order valence-corrected chi connectivity index (χ0v) is 9.90. The number of anilines is 2. The van der Waals surface area contributed by atoms with Crippen LogP contribution in [0.2, 0.25) is 0 Å². The maximum atomic E-state index is 9.89. The van der Waals surface area contributed by atoms with Crippen LogP contribution in [0.1, 0.15) is 31.4 Å². The minimum atomic E-state index is -0.275. The number of hydrogen-bond acceptors (Lipinski definition) is 4. The molecule has 1 aromatic rings. The number of aliphatic hydroxyl groups is 1. The molecular weight excluding hydrogens is 204 g/mol. The van der Waals surface area contributed by atoms with Crippen molar-refractivity contribution < 1.29 is 5.11 Å². The summed E-state index contributed by atoms with van der Waals surface area (Å²) in [5.74, 6) is 0.823. The molecule has 5 heteroatoms. The van der Waals surface area contributed by atoms with Gasteiger partial charge in [0.05, 0.1) is 23.5 Å². The molecule has 1 saturated carbocycles. The van der Waals surface area contributed by atoms with Gasteiger partial charge in [-0.2, -0.15) is 5.10 Å². The lowest BCUT2D eigenvalue weighted by molar-refractivity contribution is 0.116. The normalized spacial score (nSPS) is 25.7. The summed E-state index contributed by atoms with van der Waals surface area (Å²) in [6, 6.07) is 0.103. The molecular formula is C11H20N4O. The highest BCUT2D eigenvalue weighted by Gasteiger charge is 2.24. The number of aromatic nitrogens is 2. The lowest BCUT2D eigenvalue weighted by Gasteiger charge is -2.29. The van der Waals surface area contributed by atoms with Crippen LogP contribution in [0.15, 0.2) is 0 Å². The fourth-order valence-corrected chi connectivity index (χ4v) is 2.30. The Hall–Kier alpha value is -1.23. The molecule has 5 nitrogen and oxygen atoms in total. The Morgan fingerprint density at radius 2 is 2.12 bits per heavy atom. The molecule has 0 amide bonds. The summed E-state index contributed by atoms with van der Waals surface area (Å²) in [5.41, 5.74) is 7.45. The number of aryl methyl sites for hydroxylation is 2. The molecule has 90 valence electrons. The number of nitrogens with two attached hydrogens (primary N) is 1. The van der Waals surface area contributed by atoms with Crippen LogP contribution in [0.4, 0.5) is 11.5 Å². The van der Waals surface area contributed by atoms with Crippen LogP contribution < -0.4 is 11.1 Å². The molecule has 1 aliphatic rings. The molecule has 2 unspecified atom stereocenters. The van der Waals surface area contributed by atoms with Crippen molar-refractivity contribution in [3.05, 3.63) is 5.69 Å². The maximum Gasteiger partial charge on any atom is 0.148 e. The van der Waals surface area contributed by atoms with Crippen LogP contribution in [0, 0.1) is 6.92 Å². The van der Waals surface area contributed by atoms with Crippen LogP contribution in [0.5, 0.6) is 0 Å². The third-order valence-corrected chi connectivity index (χ3v) is 3.32. The first-order valence-electron chi connectivity index (χ1n) is 5.83. The molecule has 0 radical (unpaired) electrons. The first kappa shape index (κ1) is 11.3. The molecule has 0 saturated heterocycles. The average molecular weight is 224 g/mol. The summed E-state index contributed by atoms with van der Waals surface area (Å²) in [6.07, 6.45) is 3.85. The van der Waals surface area contributed by atoms with Gasteiger partial charge in [0.25, 0.3) is 0 Å². The van der Waals surface area contributed by atoms with Crippen LogP contribution >= 0.6 is 0 Å². The fourth-order valence-electron chi connectivity index (χ4n) is 2.30. The van der Waals surface area contributed by atoms with Crippen molar-refractivity contribution in [3.63, 3.8) is 0 Å². The van der Waals surface area contributed by atoms with Crippen molar-refractivity contribution in [2.75, 3.05) is 11.1 Å². The predicted molar refractivity (Wildman–Crippen MR) is 64.2 cm³/mol. The summed E-state index contributed by atoms with van der Waals surface area (Å²) in [6.45, 7) is 1.89. The second-order valence-electron chi connectivity index (χ2n) is 4.57. The van der Waals surface area contributed by atoms with E-state index >= 15 is 0 Å². The lowest BCUT2D eigenvalue weighted by atomic mass is 9.92. The number of hydrogen-bond donors (Lipinski definition) is 3. The van der Waals surface area contributed by atoms with E-state index in [9.17, 15) is 5.11 Å². The summed E-state index contributed by atoms with van der Waals surface area (Å²) >= 11 is 0. The Morgan fingerprint density at radius 1 is 1.44 bits per heavy atom. The smallest absolute Gasteiger partial charge is 0.148 e. The van der Waals surface area contributed by atoms with Gasteiger partial charge in [-0.05, 0) is 19.8 Å². The SMILES string of the molecule is Cc1nn(C)c(NC2CCCCC2O)c1N. The Balaban J connectivity index is 2.13. The molecule has 2 rings (SSSR count). The Kier molecular flexibility index (Phi) is 3.05. The number of nitrogens with one attached hydrogen (secondary N) is 1. The summed E-state index contributed by atoms with van der Waals surface area (Å²) in [5, 5.41) is 17.4. The Bertz CT molecular complexity index is 374. The van der Waals surface area contributed by atoms with E-state index in [1.54, 1.807) is 4.68 Å². The number of aliphatic hydroxyl groups excluding tert-OH is 1. The molecule has 2 atom stereocenters. The fraction of sp³-hybridized carbons (Fsp3) is 0.727. The quantitative estimate of drug-likeness (QED) is 0.701. The highest BCUT2D eigenvalue weighted by Crippen LogP contribution is 2.26. The third-order valence-electron chi connectivity index (χ3n) is 3.32. The first-order chi connectivity index (χ1) is 7.59. The number of nitrogen functional groups attached to an aromatic ring is 1. The van der Waals surface area contributed by atoms with Gasteiger partial charge in [0.1, 0.15) is 5.82 Å². The largest absolute Gasteiger partial charge is 0.394 e. The van der Waals surface area contributed by atoms with Crippen molar-refractivity contribution in [2.45, 2.75) is 44.8 Å². The van der Waals surface area contributed by atoms with Gasteiger partial charge in [-0.25, -0.2) is 0 Å². The molecule has 0 bridgehead atoms. The summed E-state index contributed by atoms with van der Waals surface area (Å²) in [7, 11) is 1.86. The first-order valence-corrected chi connectivity index (χ1v) is 5.83. The van der Waals surface area contributed by atoms with E-state index in [1.165, 1.54) is 0 Å². The highest BCUT2D eigenvalue weighted by atomic mass is 16.3. The van der Waals surface area contributed by atoms with Gasteiger partial charge in [-0.15, -0.1) is 0 Å². The molecule has 1 aromatic heterocycles. The molecule has 16 heavy (non-hydrogen) atoms. The van der Waals surface area contributed by atoms with Gasteiger partial charge in [0.2, 0.25) is 0 Å². The van der Waals surface area contributed by atoms with Crippen molar-refractivity contribution in [2.24, 2.45) is 7.05 Å². The third kappa shape index (κ3) is 2.00. The minimum absolute atomic E-state index is 0.103. The van der Waals surface area contributed by atoms with Crippen LogP contribution in [0.25, 0.3) is 0 Å². The van der Waals surface area contributed by atoms with E-state index in [0.717, 1.165) is 37.2 Å². The van der Waals surface area contributed by atoms with Crippen LogP contribution in [-0.2, 0) is 7.05 Å². The van der Waals surface area contributed by atoms with Gasteiger partial charge >= 0.3 is 0 Å². The standard InChI is InChI=1S/C11H20N4O/c1-7-10(12)11(15(2)14-7)13-8-5-3-4-6-9(8)16/h8-9,13,16H,3-6,12H2,1-2H3. The minimum Gasteiger partial charge on any atom is -0.394 e. The topological polar surface area (TPSA) is 76.1 Å². The maximum absolute atomic E-state index is 9.89. The average Bonchev–Trinajstić information content (AvgIpc) is 2.48. The van der Waals surface area contributed by atoms with Crippen molar-refractivity contribution in [1.82, 2.24) is 9.78 Å². The molecule has 0 aliphatic heterocycles. The van der Waals surface area contributed by atoms with Crippen molar-refractivity contribution >= 4 is 11.5 Å². The number of nitrogens with zero attached hydrogens (tertiary/aromatic N) is 2. The van der Waals surface area contributed by atoms with Crippen molar-refractivity contribution in [3.8, 4) is 0 Å². The molecule has 1 fully saturated rings. The van der Waals surface area contributed by atoms with E-state index in [0.29, 0.717) is 5.69 Å². The number of rotatable bonds is 2. The van der Waals surface area contributed by atoms with E-state index in [2.05, 4.69) is 10.4 Å². The molecule has 1 heterocycles. The predicted octanol–water partition coefficient (Wildman–Crippen LogP) is 1.03. The van der Waals surface area contributed by atoms with E-state index in [-0.39, 0.29) is 12.1 Å². The Labute approximate surface area is 95.6 Å². The van der Waals surface area contributed by atoms with Crippen molar-refractivity contribution in [1.29, 1.82) is 0 Å².